The molecule has 0 amide bonds. The molecule has 0 spiro atoms. The van der Waals surface area contributed by atoms with Gasteiger partial charge in [0.05, 0.1) is 12.9 Å². The first-order valence-electron chi connectivity index (χ1n) is 7.96. The highest BCUT2D eigenvalue weighted by Gasteiger charge is 2.26. The summed E-state index contributed by atoms with van der Waals surface area (Å²) in [6.07, 6.45) is 10.6. The molecule has 0 bridgehead atoms. The van der Waals surface area contributed by atoms with Crippen molar-refractivity contribution in [1.29, 1.82) is 0 Å². The fourth-order valence-corrected chi connectivity index (χ4v) is 5.36. The number of benzene rings is 2. The fraction of sp³-hybridized carbons (Fsp3) is 0.143. The van der Waals surface area contributed by atoms with Crippen molar-refractivity contribution in [1.82, 2.24) is 0 Å². The second-order valence-corrected chi connectivity index (χ2v) is 7.63. The lowest BCUT2D eigenvalue weighted by atomic mass is 10.1. The van der Waals surface area contributed by atoms with Crippen molar-refractivity contribution in [2.45, 2.75) is 12.6 Å². The van der Waals surface area contributed by atoms with E-state index in [1.165, 1.54) is 16.2 Å². The van der Waals surface area contributed by atoms with E-state index < -0.39 is 7.92 Å². The van der Waals surface area contributed by atoms with E-state index in [2.05, 4.69) is 85.0 Å². The van der Waals surface area contributed by atoms with Crippen molar-refractivity contribution in [3.63, 3.8) is 0 Å². The molecular weight excluding hydrogens is 299 g/mol. The summed E-state index contributed by atoms with van der Waals surface area (Å²) in [5.74, 6) is 0. The van der Waals surface area contributed by atoms with Gasteiger partial charge in [0.25, 0.3) is 0 Å². The molecule has 0 saturated carbocycles. The molecule has 1 unspecified atom stereocenters. The number of ether oxygens (including phenoxy) is 1. The number of allylic oxidation sites excluding steroid dienone is 5. The van der Waals surface area contributed by atoms with E-state index >= 15 is 0 Å². The van der Waals surface area contributed by atoms with Crippen LogP contribution in [0.15, 0.2) is 96.8 Å². The molecule has 1 aliphatic rings. The van der Waals surface area contributed by atoms with Crippen LogP contribution in [-0.2, 0) is 4.74 Å². The van der Waals surface area contributed by atoms with Gasteiger partial charge in [0.15, 0.2) is 0 Å². The third-order valence-corrected chi connectivity index (χ3v) is 6.50. The zero-order chi connectivity index (χ0) is 15.9. The van der Waals surface area contributed by atoms with Crippen molar-refractivity contribution < 1.29 is 4.74 Å². The van der Waals surface area contributed by atoms with Crippen LogP contribution in [0.3, 0.4) is 0 Å². The first-order valence-corrected chi connectivity index (χ1v) is 9.37. The van der Waals surface area contributed by atoms with E-state index in [9.17, 15) is 0 Å². The molecule has 0 heterocycles. The van der Waals surface area contributed by atoms with Crippen molar-refractivity contribution in [2.75, 3.05) is 6.61 Å². The summed E-state index contributed by atoms with van der Waals surface area (Å²) < 4.78 is 5.59. The normalized spacial score (nSPS) is 18.5. The molecule has 3 rings (SSSR count). The van der Waals surface area contributed by atoms with Crippen LogP contribution in [0.5, 0.6) is 0 Å². The standard InChI is InChI=1S/C21H21OP/c1-2-22-17-18-11-9-10-16-21(18)23(19-12-5-3-6-13-19)20-14-7-4-8-15-20/h3-17,21H,2H2,1H3. The molecule has 1 nitrogen and oxygen atoms in total. The molecule has 2 heteroatoms. The van der Waals surface area contributed by atoms with Gasteiger partial charge in [0.1, 0.15) is 0 Å². The topological polar surface area (TPSA) is 9.23 Å². The minimum Gasteiger partial charge on any atom is -0.501 e. The largest absolute Gasteiger partial charge is 0.501 e. The summed E-state index contributed by atoms with van der Waals surface area (Å²) in [5, 5.41) is 2.78. The summed E-state index contributed by atoms with van der Waals surface area (Å²) in [4.78, 5) is 0. The van der Waals surface area contributed by atoms with E-state index in [-0.39, 0.29) is 0 Å². The molecule has 1 atom stereocenters. The quantitative estimate of drug-likeness (QED) is 0.581. The molecule has 0 fully saturated rings. The lowest BCUT2D eigenvalue weighted by molar-refractivity contribution is 0.266. The van der Waals surface area contributed by atoms with Crippen molar-refractivity contribution in [3.05, 3.63) is 96.8 Å². The van der Waals surface area contributed by atoms with Gasteiger partial charge in [-0.05, 0) is 31.0 Å². The summed E-state index contributed by atoms with van der Waals surface area (Å²) >= 11 is 0. The zero-order valence-corrected chi connectivity index (χ0v) is 14.2. The maximum atomic E-state index is 5.59. The second kappa shape index (κ2) is 7.94. The summed E-state index contributed by atoms with van der Waals surface area (Å²) in [6.45, 7) is 2.72. The Morgan fingerprint density at radius 1 is 0.913 bits per heavy atom. The summed E-state index contributed by atoms with van der Waals surface area (Å²) in [6, 6.07) is 21.6. The van der Waals surface area contributed by atoms with Gasteiger partial charge in [-0.1, -0.05) is 85.0 Å². The van der Waals surface area contributed by atoms with Crippen molar-refractivity contribution in [3.8, 4) is 0 Å². The van der Waals surface area contributed by atoms with Crippen molar-refractivity contribution in [2.24, 2.45) is 0 Å². The maximum Gasteiger partial charge on any atom is 0.0870 e. The predicted octanol–water partition coefficient (Wildman–Crippen LogP) is 4.53. The highest BCUT2D eigenvalue weighted by molar-refractivity contribution is 7.74. The van der Waals surface area contributed by atoms with Crippen LogP contribution in [0.4, 0.5) is 0 Å². The highest BCUT2D eigenvalue weighted by atomic mass is 31.1. The van der Waals surface area contributed by atoms with Crippen LogP contribution < -0.4 is 10.6 Å². The number of rotatable bonds is 5. The van der Waals surface area contributed by atoms with Gasteiger partial charge < -0.3 is 4.74 Å². The summed E-state index contributed by atoms with van der Waals surface area (Å²) in [5.41, 5.74) is 1.58. The van der Waals surface area contributed by atoms with Crippen molar-refractivity contribution >= 4 is 18.5 Å². The van der Waals surface area contributed by atoms with Gasteiger partial charge in [-0.25, -0.2) is 0 Å². The molecule has 0 aliphatic heterocycles. The molecule has 2 aromatic rings. The lowest BCUT2D eigenvalue weighted by Crippen LogP contribution is -2.22. The Morgan fingerprint density at radius 3 is 2.09 bits per heavy atom. The molecule has 0 saturated heterocycles. The van der Waals surface area contributed by atoms with E-state index in [1.54, 1.807) is 0 Å². The predicted molar refractivity (Wildman–Crippen MR) is 101 cm³/mol. The average molecular weight is 320 g/mol. The Bertz CT molecular complexity index is 662. The van der Waals surface area contributed by atoms with Crippen LogP contribution >= 0.6 is 7.92 Å². The zero-order valence-electron chi connectivity index (χ0n) is 13.3. The molecule has 0 radical (unpaired) electrons. The van der Waals surface area contributed by atoms with Gasteiger partial charge in [-0.2, -0.15) is 0 Å². The maximum absolute atomic E-state index is 5.59. The van der Waals surface area contributed by atoms with Gasteiger partial charge >= 0.3 is 0 Å². The van der Waals surface area contributed by atoms with E-state index in [1.807, 2.05) is 13.2 Å². The average Bonchev–Trinajstić information content (AvgIpc) is 2.63. The minimum absolute atomic E-state index is 0.339. The monoisotopic (exact) mass is 320 g/mol. The molecule has 23 heavy (non-hydrogen) atoms. The SMILES string of the molecule is CCOC=C1C=CC=CC1P(c1ccccc1)c1ccccc1. The van der Waals surface area contributed by atoms with Gasteiger partial charge in [0.2, 0.25) is 0 Å². The molecule has 0 aromatic heterocycles. The number of hydrogen-bond acceptors (Lipinski definition) is 1. The third-order valence-electron chi connectivity index (χ3n) is 3.77. The third kappa shape index (κ3) is 3.81. The molecular formula is C21H21OP. The van der Waals surface area contributed by atoms with Crippen LogP contribution in [0.2, 0.25) is 0 Å². The Balaban J connectivity index is 2.04. The van der Waals surface area contributed by atoms with Crippen LogP contribution in [0.1, 0.15) is 6.92 Å². The van der Waals surface area contributed by atoms with E-state index in [0.29, 0.717) is 12.3 Å². The van der Waals surface area contributed by atoms with E-state index in [4.69, 9.17) is 4.74 Å². The Hall–Kier alpha value is -2.11. The molecule has 1 aliphatic carbocycles. The molecule has 0 N–H and O–H groups in total. The Kier molecular flexibility index (Phi) is 5.45. The van der Waals surface area contributed by atoms with Gasteiger partial charge in [-0.15, -0.1) is 0 Å². The minimum atomic E-state index is -0.511. The smallest absolute Gasteiger partial charge is 0.0870 e. The second-order valence-electron chi connectivity index (χ2n) is 5.30. The first kappa shape index (κ1) is 15.8. The Morgan fingerprint density at radius 2 is 1.52 bits per heavy atom. The summed E-state index contributed by atoms with van der Waals surface area (Å²) in [7, 11) is -0.511. The first-order chi connectivity index (χ1) is 11.4. The van der Waals surface area contributed by atoms with Crippen LogP contribution in [-0.4, -0.2) is 12.3 Å². The lowest BCUT2D eigenvalue weighted by Gasteiger charge is -2.28. The van der Waals surface area contributed by atoms with Crippen LogP contribution in [0, 0.1) is 0 Å². The number of hydrogen-bond donors (Lipinski definition) is 0. The Labute approximate surface area is 139 Å². The fourth-order valence-electron chi connectivity index (χ4n) is 2.72. The van der Waals surface area contributed by atoms with Gasteiger partial charge in [0, 0.05) is 5.66 Å². The molecule has 116 valence electrons. The van der Waals surface area contributed by atoms with Gasteiger partial charge in [-0.3, -0.25) is 0 Å². The van der Waals surface area contributed by atoms with Crippen LogP contribution in [0.25, 0.3) is 0 Å². The highest BCUT2D eigenvalue weighted by Crippen LogP contribution is 2.45. The molecule has 2 aromatic carbocycles. The van der Waals surface area contributed by atoms with E-state index in [0.717, 1.165) is 0 Å².